The summed E-state index contributed by atoms with van der Waals surface area (Å²) in [7, 11) is 1.44. The number of urea groups is 1. The monoisotopic (exact) mass is 279 g/mol. The molecule has 1 saturated heterocycles. The van der Waals surface area contributed by atoms with E-state index in [-0.39, 0.29) is 18.2 Å². The van der Waals surface area contributed by atoms with Gasteiger partial charge in [-0.15, -0.1) is 0 Å². The van der Waals surface area contributed by atoms with Crippen LogP contribution in [0.25, 0.3) is 0 Å². The summed E-state index contributed by atoms with van der Waals surface area (Å²) >= 11 is 0. The Labute approximate surface area is 116 Å². The first-order chi connectivity index (χ1) is 9.63. The van der Waals surface area contributed by atoms with Crippen LogP contribution in [-0.2, 0) is 4.74 Å². The molecule has 0 aliphatic carbocycles. The van der Waals surface area contributed by atoms with Crippen LogP contribution in [0.5, 0.6) is 5.75 Å². The van der Waals surface area contributed by atoms with Crippen molar-refractivity contribution in [2.75, 3.05) is 39.1 Å². The van der Waals surface area contributed by atoms with E-state index < -0.39 is 5.97 Å². The Morgan fingerprint density at radius 1 is 1.50 bits per heavy atom. The number of rotatable bonds is 5. The van der Waals surface area contributed by atoms with Crippen LogP contribution < -0.4 is 15.8 Å². The molecule has 2 amide bonds. The molecule has 0 spiro atoms. The van der Waals surface area contributed by atoms with E-state index in [2.05, 4.69) is 5.32 Å². The number of benzene rings is 1. The number of carbonyl (C=O) groups excluding carboxylic acids is 2. The SMILES string of the molecule is COc1c(N)cccc1C(=O)OCCN1CCNC1=O. The first-order valence-electron chi connectivity index (χ1n) is 6.26. The second-order valence-electron chi connectivity index (χ2n) is 4.28. The van der Waals surface area contributed by atoms with Gasteiger partial charge < -0.3 is 25.4 Å². The van der Waals surface area contributed by atoms with E-state index >= 15 is 0 Å². The van der Waals surface area contributed by atoms with Crippen LogP contribution in [0.1, 0.15) is 10.4 Å². The fourth-order valence-corrected chi connectivity index (χ4v) is 1.99. The van der Waals surface area contributed by atoms with Gasteiger partial charge in [0.25, 0.3) is 0 Å². The molecule has 1 aromatic rings. The molecule has 0 atom stereocenters. The van der Waals surface area contributed by atoms with Gasteiger partial charge in [-0.25, -0.2) is 9.59 Å². The highest BCUT2D eigenvalue weighted by molar-refractivity contribution is 5.94. The molecule has 7 nitrogen and oxygen atoms in total. The molecule has 20 heavy (non-hydrogen) atoms. The number of amides is 2. The lowest BCUT2D eigenvalue weighted by Gasteiger charge is -2.14. The topological polar surface area (TPSA) is 93.9 Å². The quantitative estimate of drug-likeness (QED) is 0.603. The van der Waals surface area contributed by atoms with Crippen molar-refractivity contribution >= 4 is 17.7 Å². The summed E-state index contributed by atoms with van der Waals surface area (Å²) in [5.41, 5.74) is 6.37. The van der Waals surface area contributed by atoms with Crippen molar-refractivity contribution in [3.05, 3.63) is 23.8 Å². The van der Waals surface area contributed by atoms with E-state index in [1.807, 2.05) is 0 Å². The lowest BCUT2D eigenvalue weighted by molar-refractivity contribution is 0.0478. The van der Waals surface area contributed by atoms with Gasteiger partial charge in [-0.3, -0.25) is 0 Å². The number of hydrogen-bond acceptors (Lipinski definition) is 5. The minimum absolute atomic E-state index is 0.129. The summed E-state index contributed by atoms with van der Waals surface area (Å²) in [6.45, 7) is 1.74. The third-order valence-electron chi connectivity index (χ3n) is 3.01. The predicted molar refractivity (Wildman–Crippen MR) is 72.7 cm³/mol. The molecule has 7 heteroatoms. The average molecular weight is 279 g/mol. The van der Waals surface area contributed by atoms with E-state index in [9.17, 15) is 9.59 Å². The van der Waals surface area contributed by atoms with Crippen molar-refractivity contribution in [2.45, 2.75) is 0 Å². The fourth-order valence-electron chi connectivity index (χ4n) is 1.99. The number of nitrogens with two attached hydrogens (primary N) is 1. The van der Waals surface area contributed by atoms with Gasteiger partial charge in [-0.05, 0) is 12.1 Å². The zero-order chi connectivity index (χ0) is 14.5. The number of methoxy groups -OCH3 is 1. The number of nitrogens with zero attached hydrogens (tertiary/aromatic N) is 1. The summed E-state index contributed by atoms with van der Waals surface area (Å²) in [6, 6.07) is 4.75. The molecule has 0 saturated carbocycles. The van der Waals surface area contributed by atoms with Gasteiger partial charge in [0.1, 0.15) is 12.2 Å². The van der Waals surface area contributed by atoms with Crippen LogP contribution in [-0.4, -0.2) is 50.3 Å². The Hall–Kier alpha value is -2.44. The Morgan fingerprint density at radius 2 is 2.30 bits per heavy atom. The molecular weight excluding hydrogens is 262 g/mol. The molecule has 1 aliphatic heterocycles. The first kappa shape index (κ1) is 14.0. The maximum Gasteiger partial charge on any atom is 0.342 e. The van der Waals surface area contributed by atoms with Crippen molar-refractivity contribution in [2.24, 2.45) is 0 Å². The standard InChI is InChI=1S/C13H17N3O4/c1-19-11-9(3-2-4-10(11)14)12(17)20-8-7-16-6-5-15-13(16)18/h2-4H,5-8,14H2,1H3,(H,15,18). The van der Waals surface area contributed by atoms with Crippen LogP contribution in [0.3, 0.4) is 0 Å². The summed E-state index contributed by atoms with van der Waals surface area (Å²) < 4.78 is 10.2. The second kappa shape index (κ2) is 6.14. The number of nitrogen functional groups attached to an aromatic ring is 1. The molecule has 1 aliphatic rings. The Morgan fingerprint density at radius 3 is 2.95 bits per heavy atom. The predicted octanol–water partition coefficient (Wildman–Crippen LogP) is 0.459. The number of esters is 1. The third kappa shape index (κ3) is 2.93. The van der Waals surface area contributed by atoms with Crippen LogP contribution in [0, 0.1) is 0 Å². The van der Waals surface area contributed by atoms with Gasteiger partial charge in [0.15, 0.2) is 5.75 Å². The van der Waals surface area contributed by atoms with Gasteiger partial charge in [0.05, 0.1) is 19.3 Å². The van der Waals surface area contributed by atoms with E-state index in [0.29, 0.717) is 31.1 Å². The van der Waals surface area contributed by atoms with E-state index in [1.165, 1.54) is 7.11 Å². The third-order valence-corrected chi connectivity index (χ3v) is 3.01. The summed E-state index contributed by atoms with van der Waals surface area (Å²) in [6.07, 6.45) is 0. The van der Waals surface area contributed by atoms with Crippen molar-refractivity contribution in [1.82, 2.24) is 10.2 Å². The normalized spacial score (nSPS) is 14.1. The highest BCUT2D eigenvalue weighted by Gasteiger charge is 2.20. The highest BCUT2D eigenvalue weighted by Crippen LogP contribution is 2.26. The van der Waals surface area contributed by atoms with Gasteiger partial charge in [-0.2, -0.15) is 0 Å². The van der Waals surface area contributed by atoms with Crippen molar-refractivity contribution in [3.8, 4) is 5.75 Å². The fraction of sp³-hybridized carbons (Fsp3) is 0.385. The van der Waals surface area contributed by atoms with Gasteiger partial charge in [0.2, 0.25) is 0 Å². The van der Waals surface area contributed by atoms with Crippen LogP contribution in [0.2, 0.25) is 0 Å². The second-order valence-corrected chi connectivity index (χ2v) is 4.28. The number of nitrogens with one attached hydrogen (secondary N) is 1. The molecule has 0 aromatic heterocycles. The smallest absolute Gasteiger partial charge is 0.342 e. The zero-order valence-electron chi connectivity index (χ0n) is 11.2. The molecule has 0 bridgehead atoms. The van der Waals surface area contributed by atoms with E-state index in [4.69, 9.17) is 15.2 Å². The summed E-state index contributed by atoms with van der Waals surface area (Å²) in [5, 5.41) is 2.68. The first-order valence-corrected chi connectivity index (χ1v) is 6.26. The Bertz CT molecular complexity index is 518. The molecular formula is C13H17N3O4. The number of hydrogen-bond donors (Lipinski definition) is 2. The van der Waals surface area contributed by atoms with Crippen LogP contribution in [0.15, 0.2) is 18.2 Å². The molecule has 0 radical (unpaired) electrons. The van der Waals surface area contributed by atoms with Gasteiger partial charge >= 0.3 is 12.0 Å². The zero-order valence-corrected chi connectivity index (χ0v) is 11.2. The van der Waals surface area contributed by atoms with Crippen molar-refractivity contribution in [3.63, 3.8) is 0 Å². The maximum atomic E-state index is 12.0. The largest absolute Gasteiger partial charge is 0.494 e. The minimum atomic E-state index is -0.520. The lowest BCUT2D eigenvalue weighted by atomic mass is 10.2. The molecule has 1 aromatic carbocycles. The van der Waals surface area contributed by atoms with E-state index in [1.54, 1.807) is 23.1 Å². The van der Waals surface area contributed by atoms with Crippen LogP contribution in [0.4, 0.5) is 10.5 Å². The lowest BCUT2D eigenvalue weighted by Crippen LogP contribution is -2.31. The van der Waals surface area contributed by atoms with Crippen LogP contribution >= 0.6 is 0 Å². The molecule has 0 unspecified atom stereocenters. The number of para-hydroxylation sites is 1. The van der Waals surface area contributed by atoms with Crippen molar-refractivity contribution < 1.29 is 19.1 Å². The highest BCUT2D eigenvalue weighted by atomic mass is 16.5. The maximum absolute atomic E-state index is 12.0. The number of carbonyl (C=O) groups is 2. The average Bonchev–Trinajstić information content (AvgIpc) is 2.84. The molecule has 2 rings (SSSR count). The minimum Gasteiger partial charge on any atom is -0.494 e. The van der Waals surface area contributed by atoms with Gasteiger partial charge in [0, 0.05) is 13.1 Å². The van der Waals surface area contributed by atoms with E-state index in [0.717, 1.165) is 0 Å². The Kier molecular flexibility index (Phi) is 4.29. The molecule has 1 fully saturated rings. The molecule has 108 valence electrons. The molecule has 3 N–H and O–H groups in total. The summed E-state index contributed by atoms with van der Waals surface area (Å²) in [4.78, 5) is 24.8. The van der Waals surface area contributed by atoms with Gasteiger partial charge in [-0.1, -0.05) is 6.07 Å². The Balaban J connectivity index is 1.92. The number of ether oxygens (including phenoxy) is 2. The number of anilines is 1. The molecule has 1 heterocycles. The summed E-state index contributed by atoms with van der Waals surface area (Å²) in [5.74, 6) is -0.217. The van der Waals surface area contributed by atoms with Crippen molar-refractivity contribution in [1.29, 1.82) is 0 Å².